The molecular formula is C50H27N3OS. The van der Waals surface area contributed by atoms with Gasteiger partial charge >= 0.3 is 0 Å². The third-order valence-electron chi connectivity index (χ3n) is 11.5. The molecule has 0 aliphatic rings. The Hall–Kier alpha value is -7.08. The van der Waals surface area contributed by atoms with Crippen LogP contribution in [-0.4, -0.2) is 14.5 Å². The molecule has 0 amide bonds. The lowest BCUT2D eigenvalue weighted by molar-refractivity contribution is 0.664. The maximum atomic E-state index is 6.69. The van der Waals surface area contributed by atoms with E-state index in [0.29, 0.717) is 0 Å². The Kier molecular flexibility index (Phi) is 5.74. The smallest absolute Gasteiger partial charge is 0.161 e. The van der Waals surface area contributed by atoms with Gasteiger partial charge in [-0.05, 0) is 69.4 Å². The van der Waals surface area contributed by atoms with Gasteiger partial charge in [-0.25, -0.2) is 9.97 Å². The summed E-state index contributed by atoms with van der Waals surface area (Å²) in [5, 5.41) is 12.9. The van der Waals surface area contributed by atoms with Crippen LogP contribution in [0.3, 0.4) is 0 Å². The van der Waals surface area contributed by atoms with E-state index < -0.39 is 0 Å². The van der Waals surface area contributed by atoms with Gasteiger partial charge in [-0.1, -0.05) is 121 Å². The van der Waals surface area contributed by atoms with Crippen LogP contribution >= 0.6 is 11.3 Å². The number of rotatable bonds is 3. The van der Waals surface area contributed by atoms with Gasteiger partial charge < -0.3 is 8.98 Å². The molecule has 0 aliphatic carbocycles. The van der Waals surface area contributed by atoms with Gasteiger partial charge in [0, 0.05) is 48.1 Å². The topological polar surface area (TPSA) is 43.9 Å². The molecule has 4 aromatic heterocycles. The average molecular weight is 718 g/mol. The second kappa shape index (κ2) is 10.8. The zero-order chi connectivity index (χ0) is 35.8. The molecule has 0 spiro atoms. The van der Waals surface area contributed by atoms with Crippen molar-refractivity contribution in [3.05, 3.63) is 164 Å². The fourth-order valence-electron chi connectivity index (χ4n) is 9.15. The monoisotopic (exact) mass is 717 g/mol. The van der Waals surface area contributed by atoms with E-state index in [0.717, 1.165) is 87.7 Å². The first-order chi connectivity index (χ1) is 27.3. The summed E-state index contributed by atoms with van der Waals surface area (Å²) >= 11 is 1.77. The number of hydrogen-bond donors (Lipinski definition) is 0. The fraction of sp³-hybridized carbons (Fsp3) is 0. The standard InChI is InChI=1S/C50H27N3OS/c1-2-10-31-27-32(22-21-28(31)9-1)47-49-48(36-13-3-4-20-42(36)55-49)52-50(51-47)35-16-7-15-34-33(35)14-8-17-37(34)53-38-25-23-29-11-5-18-40-43(29)45(38)46-39(53)26-24-30-12-6-19-41(54-40)44(30)46/h1-27H. The summed E-state index contributed by atoms with van der Waals surface area (Å²) in [7, 11) is 0. The van der Waals surface area contributed by atoms with E-state index in [1.165, 1.54) is 37.0 Å². The highest BCUT2D eigenvalue weighted by molar-refractivity contribution is 7.26. The van der Waals surface area contributed by atoms with Gasteiger partial charge in [-0.2, -0.15) is 0 Å². The second-order valence-electron chi connectivity index (χ2n) is 14.5. The van der Waals surface area contributed by atoms with Crippen molar-refractivity contribution in [2.75, 3.05) is 0 Å². The molecule has 0 unspecified atom stereocenters. The van der Waals surface area contributed by atoms with Crippen molar-refractivity contribution in [3.63, 3.8) is 0 Å². The number of benzene rings is 9. The molecule has 4 heterocycles. The zero-order valence-electron chi connectivity index (χ0n) is 29.2. The van der Waals surface area contributed by atoms with Gasteiger partial charge in [-0.15, -0.1) is 11.3 Å². The summed E-state index contributed by atoms with van der Waals surface area (Å²) in [6, 6.07) is 58.7. The first-order valence-corrected chi connectivity index (χ1v) is 19.4. The minimum atomic E-state index is 0.724. The number of nitrogens with zero attached hydrogens (tertiary/aromatic N) is 3. The Labute approximate surface area is 317 Å². The van der Waals surface area contributed by atoms with Crippen LogP contribution in [0.4, 0.5) is 0 Å². The van der Waals surface area contributed by atoms with Gasteiger partial charge in [0.2, 0.25) is 0 Å². The van der Waals surface area contributed by atoms with E-state index in [1.807, 2.05) is 0 Å². The summed E-state index contributed by atoms with van der Waals surface area (Å²) in [5.41, 5.74) is 9.26. The van der Waals surface area contributed by atoms with Crippen LogP contribution < -0.4 is 0 Å². The highest BCUT2D eigenvalue weighted by Crippen LogP contribution is 2.46. The van der Waals surface area contributed by atoms with E-state index in [-0.39, 0.29) is 0 Å². The fourth-order valence-corrected chi connectivity index (χ4v) is 10.3. The molecule has 0 saturated heterocycles. The molecule has 0 radical (unpaired) electrons. The molecule has 0 N–H and O–H groups in total. The van der Waals surface area contributed by atoms with Crippen molar-refractivity contribution in [3.8, 4) is 28.3 Å². The normalized spacial score (nSPS) is 12.4. The lowest BCUT2D eigenvalue weighted by Gasteiger charge is -2.15. The van der Waals surface area contributed by atoms with Gasteiger partial charge in [0.15, 0.2) is 5.82 Å². The third kappa shape index (κ3) is 4.00. The summed E-state index contributed by atoms with van der Waals surface area (Å²) in [6.45, 7) is 0. The third-order valence-corrected chi connectivity index (χ3v) is 12.7. The summed E-state index contributed by atoms with van der Waals surface area (Å²) in [4.78, 5) is 10.8. The Morgan fingerprint density at radius 2 is 1.11 bits per heavy atom. The molecule has 0 bridgehead atoms. The molecule has 0 atom stereocenters. The molecule has 9 aromatic carbocycles. The van der Waals surface area contributed by atoms with Crippen LogP contribution in [0.1, 0.15) is 0 Å². The SMILES string of the molecule is c1ccc2cc(-c3nc(-c4cccc5c(-n6c7ccc8cccc9oc%10cccc%11ccc6c(c%11%10)c7c89)cccc45)nc4c3sc3ccccc34)ccc2c1. The van der Waals surface area contributed by atoms with E-state index in [4.69, 9.17) is 14.4 Å². The molecule has 254 valence electrons. The minimum Gasteiger partial charge on any atom is -0.456 e. The molecule has 55 heavy (non-hydrogen) atoms. The van der Waals surface area contributed by atoms with Crippen LogP contribution in [0, 0.1) is 0 Å². The van der Waals surface area contributed by atoms with Crippen molar-refractivity contribution < 1.29 is 4.42 Å². The highest BCUT2D eigenvalue weighted by atomic mass is 32.1. The lowest BCUT2D eigenvalue weighted by atomic mass is 10.00. The number of hydrogen-bond acceptors (Lipinski definition) is 4. The van der Waals surface area contributed by atoms with Crippen molar-refractivity contribution in [2.45, 2.75) is 0 Å². The highest BCUT2D eigenvalue weighted by Gasteiger charge is 2.23. The van der Waals surface area contributed by atoms with Crippen LogP contribution in [0.15, 0.2) is 168 Å². The average Bonchev–Trinajstić information content (AvgIpc) is 3.74. The summed E-state index contributed by atoms with van der Waals surface area (Å²) in [6.07, 6.45) is 0. The Balaban J connectivity index is 1.11. The van der Waals surface area contributed by atoms with Crippen LogP contribution in [0.2, 0.25) is 0 Å². The van der Waals surface area contributed by atoms with Crippen molar-refractivity contribution in [1.29, 1.82) is 0 Å². The largest absolute Gasteiger partial charge is 0.456 e. The summed E-state index contributed by atoms with van der Waals surface area (Å²) in [5.74, 6) is 0.724. The van der Waals surface area contributed by atoms with E-state index >= 15 is 0 Å². The molecule has 13 aromatic rings. The first kappa shape index (κ1) is 29.4. The van der Waals surface area contributed by atoms with Crippen molar-refractivity contribution in [1.82, 2.24) is 14.5 Å². The number of fused-ring (bicyclic) bond motifs is 5. The minimum absolute atomic E-state index is 0.724. The van der Waals surface area contributed by atoms with Gasteiger partial charge in [0.25, 0.3) is 0 Å². The van der Waals surface area contributed by atoms with Crippen LogP contribution in [0.5, 0.6) is 0 Å². The molecule has 5 heteroatoms. The van der Waals surface area contributed by atoms with Gasteiger partial charge in [0.1, 0.15) is 11.2 Å². The van der Waals surface area contributed by atoms with E-state index in [9.17, 15) is 0 Å². The second-order valence-corrected chi connectivity index (χ2v) is 15.5. The van der Waals surface area contributed by atoms with Gasteiger partial charge in [0.05, 0.1) is 32.6 Å². The van der Waals surface area contributed by atoms with Crippen LogP contribution in [0.25, 0.3) is 125 Å². The Morgan fingerprint density at radius 1 is 0.473 bits per heavy atom. The quantitative estimate of drug-likeness (QED) is 0.183. The Morgan fingerprint density at radius 3 is 1.91 bits per heavy atom. The maximum absolute atomic E-state index is 6.69. The molecule has 0 aliphatic heterocycles. The lowest BCUT2D eigenvalue weighted by Crippen LogP contribution is -1.98. The van der Waals surface area contributed by atoms with Crippen LogP contribution in [-0.2, 0) is 0 Å². The zero-order valence-corrected chi connectivity index (χ0v) is 30.1. The molecule has 0 saturated carbocycles. The molecule has 0 fully saturated rings. The maximum Gasteiger partial charge on any atom is 0.161 e. The van der Waals surface area contributed by atoms with Crippen molar-refractivity contribution >= 4 is 108 Å². The Bertz CT molecular complexity index is 3630. The predicted octanol–water partition coefficient (Wildman–Crippen LogP) is 14.1. The summed E-state index contributed by atoms with van der Waals surface area (Å²) < 4.78 is 11.5. The number of thiophene rings is 1. The van der Waals surface area contributed by atoms with E-state index in [2.05, 4.69) is 168 Å². The predicted molar refractivity (Wildman–Crippen MR) is 231 cm³/mol. The molecule has 13 rings (SSSR count). The molecule has 4 nitrogen and oxygen atoms in total. The van der Waals surface area contributed by atoms with Gasteiger partial charge in [-0.3, -0.25) is 0 Å². The van der Waals surface area contributed by atoms with Crippen molar-refractivity contribution in [2.24, 2.45) is 0 Å². The first-order valence-electron chi connectivity index (χ1n) is 18.6. The number of aromatic nitrogens is 3. The van der Waals surface area contributed by atoms with E-state index in [1.54, 1.807) is 11.3 Å². The molecular weight excluding hydrogens is 691 g/mol.